The summed E-state index contributed by atoms with van der Waals surface area (Å²) >= 11 is 0. The molecule has 0 aliphatic heterocycles. The van der Waals surface area contributed by atoms with Crippen molar-refractivity contribution in [3.63, 3.8) is 0 Å². The predicted octanol–water partition coefficient (Wildman–Crippen LogP) is 1.71. The van der Waals surface area contributed by atoms with Gasteiger partial charge in [-0.05, 0) is 24.6 Å². The molecule has 0 heterocycles. The van der Waals surface area contributed by atoms with Crippen LogP contribution in [0.15, 0.2) is 24.3 Å². The van der Waals surface area contributed by atoms with Gasteiger partial charge in [-0.3, -0.25) is 0 Å². The van der Waals surface area contributed by atoms with Crippen molar-refractivity contribution in [2.24, 2.45) is 5.73 Å². The fourth-order valence-corrected chi connectivity index (χ4v) is 1.08. The summed E-state index contributed by atoms with van der Waals surface area (Å²) in [6.07, 6.45) is -0.749. The van der Waals surface area contributed by atoms with Crippen molar-refractivity contribution in [1.29, 1.82) is 0 Å². The number of rotatable bonds is 4. The van der Waals surface area contributed by atoms with Gasteiger partial charge in [0.2, 0.25) is 0 Å². The lowest BCUT2D eigenvalue weighted by atomic mass is 10.2. The number of hydrogen-bond acceptors (Lipinski definition) is 3. The maximum atomic E-state index is 10.3. The maximum absolute atomic E-state index is 10.3. The molecule has 0 aliphatic carbocycles. The smallest absolute Gasteiger partial charge is 0.404 e. The second-order valence-corrected chi connectivity index (χ2v) is 2.83. The summed E-state index contributed by atoms with van der Waals surface area (Å²) in [5.74, 6) is 0. The molecule has 14 heavy (non-hydrogen) atoms. The molecule has 76 valence electrons. The van der Waals surface area contributed by atoms with Gasteiger partial charge in [0.1, 0.15) is 6.61 Å². The van der Waals surface area contributed by atoms with Gasteiger partial charge in [0.25, 0.3) is 0 Å². The molecule has 0 saturated heterocycles. The average molecular weight is 194 g/mol. The number of ether oxygens (including phenoxy) is 1. The number of hydrogen-bond donors (Lipinski definition) is 2. The lowest BCUT2D eigenvalue weighted by Crippen LogP contribution is -2.12. The Morgan fingerprint density at radius 3 is 2.57 bits per heavy atom. The van der Waals surface area contributed by atoms with Crippen molar-refractivity contribution in [2.75, 3.05) is 11.9 Å². The van der Waals surface area contributed by atoms with E-state index in [0.717, 1.165) is 17.8 Å². The van der Waals surface area contributed by atoms with Crippen LogP contribution in [0.25, 0.3) is 0 Å². The number of benzene rings is 1. The fourth-order valence-electron chi connectivity index (χ4n) is 1.08. The summed E-state index contributed by atoms with van der Waals surface area (Å²) in [4.78, 5) is 10.3. The lowest BCUT2D eigenvalue weighted by Gasteiger charge is -2.05. The predicted molar refractivity (Wildman–Crippen MR) is 55.0 cm³/mol. The van der Waals surface area contributed by atoms with Crippen LogP contribution in [0.1, 0.15) is 12.5 Å². The first-order chi connectivity index (χ1) is 6.72. The van der Waals surface area contributed by atoms with Gasteiger partial charge in [-0.25, -0.2) is 4.79 Å². The molecule has 0 radical (unpaired) electrons. The highest BCUT2D eigenvalue weighted by atomic mass is 16.5. The molecule has 1 aromatic carbocycles. The average Bonchev–Trinajstić information content (AvgIpc) is 2.17. The van der Waals surface area contributed by atoms with Crippen LogP contribution in [0.2, 0.25) is 0 Å². The quantitative estimate of drug-likeness (QED) is 0.766. The second-order valence-electron chi connectivity index (χ2n) is 2.83. The van der Waals surface area contributed by atoms with Crippen molar-refractivity contribution >= 4 is 11.8 Å². The van der Waals surface area contributed by atoms with Crippen LogP contribution >= 0.6 is 0 Å². The van der Waals surface area contributed by atoms with Crippen LogP contribution < -0.4 is 11.1 Å². The van der Waals surface area contributed by atoms with Crippen LogP contribution in [0.4, 0.5) is 10.5 Å². The largest absolute Gasteiger partial charge is 0.445 e. The number of nitrogens with two attached hydrogens (primary N) is 1. The molecular weight excluding hydrogens is 180 g/mol. The second kappa shape index (κ2) is 5.11. The Balaban J connectivity index is 2.50. The van der Waals surface area contributed by atoms with Crippen molar-refractivity contribution < 1.29 is 9.53 Å². The van der Waals surface area contributed by atoms with Crippen molar-refractivity contribution in [3.8, 4) is 0 Å². The van der Waals surface area contributed by atoms with E-state index >= 15 is 0 Å². The Hall–Kier alpha value is -1.71. The van der Waals surface area contributed by atoms with Crippen LogP contribution in [0, 0.1) is 0 Å². The normalized spacial score (nSPS) is 9.50. The van der Waals surface area contributed by atoms with E-state index in [2.05, 4.69) is 10.1 Å². The number of anilines is 1. The highest BCUT2D eigenvalue weighted by Gasteiger charge is 1.96. The van der Waals surface area contributed by atoms with Gasteiger partial charge in [0.05, 0.1) is 0 Å². The zero-order chi connectivity index (χ0) is 10.4. The van der Waals surface area contributed by atoms with E-state index in [9.17, 15) is 4.79 Å². The van der Waals surface area contributed by atoms with E-state index in [1.807, 2.05) is 31.2 Å². The zero-order valence-corrected chi connectivity index (χ0v) is 8.12. The van der Waals surface area contributed by atoms with Gasteiger partial charge in [-0.1, -0.05) is 12.1 Å². The minimum absolute atomic E-state index is 0.224. The highest BCUT2D eigenvalue weighted by molar-refractivity contribution is 5.64. The van der Waals surface area contributed by atoms with Crippen LogP contribution in [0.3, 0.4) is 0 Å². The van der Waals surface area contributed by atoms with Gasteiger partial charge >= 0.3 is 6.09 Å². The first-order valence-electron chi connectivity index (χ1n) is 4.47. The summed E-state index contributed by atoms with van der Waals surface area (Å²) in [6.45, 7) is 3.14. The van der Waals surface area contributed by atoms with Gasteiger partial charge < -0.3 is 15.8 Å². The van der Waals surface area contributed by atoms with Crippen LogP contribution in [0.5, 0.6) is 0 Å². The third-order valence-electron chi connectivity index (χ3n) is 1.72. The van der Waals surface area contributed by atoms with Gasteiger partial charge in [0, 0.05) is 12.2 Å². The van der Waals surface area contributed by atoms with E-state index in [1.54, 1.807) is 0 Å². The minimum Gasteiger partial charge on any atom is -0.445 e. The first-order valence-corrected chi connectivity index (χ1v) is 4.47. The molecule has 1 aromatic rings. The number of carbonyl (C=O) groups is 1. The SMILES string of the molecule is CCNc1ccc(COC(N)=O)cc1. The molecule has 4 nitrogen and oxygen atoms in total. The summed E-state index contributed by atoms with van der Waals surface area (Å²) in [7, 11) is 0. The highest BCUT2D eigenvalue weighted by Crippen LogP contribution is 2.09. The Bertz CT molecular complexity index is 295. The third kappa shape index (κ3) is 3.35. The Labute approximate surface area is 83.1 Å². The molecular formula is C10H14N2O2. The van der Waals surface area contributed by atoms with Gasteiger partial charge in [0.15, 0.2) is 0 Å². The molecule has 1 amide bonds. The molecule has 4 heteroatoms. The molecule has 0 atom stereocenters. The monoisotopic (exact) mass is 194 g/mol. The van der Waals surface area contributed by atoms with Gasteiger partial charge in [-0.15, -0.1) is 0 Å². The Morgan fingerprint density at radius 2 is 2.07 bits per heavy atom. The van der Waals surface area contributed by atoms with E-state index in [0.29, 0.717) is 0 Å². The Morgan fingerprint density at radius 1 is 1.43 bits per heavy atom. The summed E-state index contributed by atoms with van der Waals surface area (Å²) in [6, 6.07) is 7.65. The molecule has 0 saturated carbocycles. The molecule has 0 aromatic heterocycles. The zero-order valence-electron chi connectivity index (χ0n) is 8.12. The topological polar surface area (TPSA) is 64.3 Å². The van der Waals surface area contributed by atoms with E-state index < -0.39 is 6.09 Å². The molecule has 1 rings (SSSR count). The molecule has 0 spiro atoms. The minimum atomic E-state index is -0.749. The molecule has 0 bridgehead atoms. The summed E-state index contributed by atoms with van der Waals surface area (Å²) < 4.78 is 4.65. The number of primary amides is 1. The van der Waals surface area contributed by atoms with Crippen molar-refractivity contribution in [2.45, 2.75) is 13.5 Å². The van der Waals surface area contributed by atoms with E-state index in [1.165, 1.54) is 0 Å². The van der Waals surface area contributed by atoms with Crippen LogP contribution in [-0.4, -0.2) is 12.6 Å². The van der Waals surface area contributed by atoms with Crippen molar-refractivity contribution in [3.05, 3.63) is 29.8 Å². The molecule has 0 fully saturated rings. The molecule has 0 unspecified atom stereocenters. The maximum Gasteiger partial charge on any atom is 0.404 e. The van der Waals surface area contributed by atoms with E-state index in [4.69, 9.17) is 5.73 Å². The van der Waals surface area contributed by atoms with Crippen molar-refractivity contribution in [1.82, 2.24) is 0 Å². The van der Waals surface area contributed by atoms with Gasteiger partial charge in [-0.2, -0.15) is 0 Å². The number of carbonyl (C=O) groups excluding carboxylic acids is 1. The first kappa shape index (κ1) is 10.4. The number of amides is 1. The standard InChI is InChI=1S/C10H14N2O2/c1-2-12-9-5-3-8(4-6-9)7-14-10(11)13/h3-6,12H,2,7H2,1H3,(H2,11,13). The third-order valence-corrected chi connectivity index (χ3v) is 1.72. The molecule has 3 N–H and O–H groups in total. The summed E-state index contributed by atoms with van der Waals surface area (Å²) in [5.41, 5.74) is 6.82. The lowest BCUT2D eigenvalue weighted by molar-refractivity contribution is 0.150. The summed E-state index contributed by atoms with van der Waals surface area (Å²) in [5, 5.41) is 3.17. The van der Waals surface area contributed by atoms with Crippen LogP contribution in [-0.2, 0) is 11.3 Å². The Kier molecular flexibility index (Phi) is 3.79. The fraction of sp³-hybridized carbons (Fsp3) is 0.300. The molecule has 0 aliphatic rings. The van der Waals surface area contributed by atoms with E-state index in [-0.39, 0.29) is 6.61 Å². The number of nitrogens with one attached hydrogen (secondary N) is 1.